The molecule has 0 amide bonds. The zero-order valence-corrected chi connectivity index (χ0v) is 7.39. The molecule has 0 unspecified atom stereocenters. The molecular formula is C7HCl2F3O. The van der Waals surface area contributed by atoms with Gasteiger partial charge in [-0.25, -0.2) is 13.2 Å². The molecule has 0 aromatic heterocycles. The molecule has 0 radical (unpaired) electrons. The summed E-state index contributed by atoms with van der Waals surface area (Å²) in [6.45, 7) is 0. The Morgan fingerprint density at radius 2 is 1.77 bits per heavy atom. The lowest BCUT2D eigenvalue weighted by Gasteiger charge is -2.01. The summed E-state index contributed by atoms with van der Waals surface area (Å²) in [4.78, 5) is 10.5. The topological polar surface area (TPSA) is 17.1 Å². The maximum atomic E-state index is 12.7. The summed E-state index contributed by atoms with van der Waals surface area (Å²) in [7, 11) is 0. The maximum absolute atomic E-state index is 12.7. The molecule has 0 saturated carbocycles. The molecule has 0 aliphatic rings. The minimum atomic E-state index is -1.73. The fourth-order valence-corrected chi connectivity index (χ4v) is 1.14. The molecule has 0 aliphatic heterocycles. The first-order chi connectivity index (χ1) is 5.95. The quantitative estimate of drug-likeness (QED) is 0.410. The fraction of sp³-hybridized carbons (Fsp3) is 0. The van der Waals surface area contributed by atoms with Gasteiger partial charge in [0.15, 0.2) is 17.5 Å². The lowest BCUT2D eigenvalue weighted by Crippen LogP contribution is -1.99. The second kappa shape index (κ2) is 3.55. The van der Waals surface area contributed by atoms with Gasteiger partial charge >= 0.3 is 0 Å². The average Bonchev–Trinajstić information content (AvgIpc) is 2.07. The van der Waals surface area contributed by atoms with E-state index in [4.69, 9.17) is 23.2 Å². The maximum Gasteiger partial charge on any atom is 0.254 e. The normalized spacial score (nSPS) is 10.2. The second-order valence-electron chi connectivity index (χ2n) is 2.12. The summed E-state index contributed by atoms with van der Waals surface area (Å²) < 4.78 is 37.6. The lowest BCUT2D eigenvalue weighted by molar-refractivity contribution is 0.108. The van der Waals surface area contributed by atoms with E-state index >= 15 is 0 Å². The predicted molar refractivity (Wildman–Crippen MR) is 41.5 cm³/mol. The molecule has 0 fully saturated rings. The van der Waals surface area contributed by atoms with E-state index in [1.807, 2.05) is 0 Å². The average molecular weight is 229 g/mol. The van der Waals surface area contributed by atoms with Gasteiger partial charge in [0.05, 0.1) is 10.6 Å². The molecule has 0 atom stereocenters. The fourth-order valence-electron chi connectivity index (χ4n) is 0.716. The van der Waals surface area contributed by atoms with Crippen LogP contribution < -0.4 is 0 Å². The molecule has 0 spiro atoms. The summed E-state index contributed by atoms with van der Waals surface area (Å²) >= 11 is 10.1. The molecule has 1 nitrogen and oxygen atoms in total. The molecule has 1 aromatic rings. The SMILES string of the molecule is O=C(Cl)c1cc(F)c(F)c(F)c1Cl. The van der Waals surface area contributed by atoms with Crippen molar-refractivity contribution in [1.29, 1.82) is 0 Å². The number of rotatable bonds is 1. The van der Waals surface area contributed by atoms with Gasteiger partial charge in [0.2, 0.25) is 0 Å². The summed E-state index contributed by atoms with van der Waals surface area (Å²) in [6.07, 6.45) is 0. The molecule has 13 heavy (non-hydrogen) atoms. The Hall–Kier alpha value is -0.740. The van der Waals surface area contributed by atoms with Crippen molar-refractivity contribution in [2.24, 2.45) is 0 Å². The first-order valence-corrected chi connectivity index (χ1v) is 3.73. The van der Waals surface area contributed by atoms with Gasteiger partial charge in [-0.05, 0) is 17.7 Å². The van der Waals surface area contributed by atoms with Crippen molar-refractivity contribution in [3.8, 4) is 0 Å². The van der Waals surface area contributed by atoms with E-state index in [0.29, 0.717) is 6.07 Å². The van der Waals surface area contributed by atoms with Crippen LogP contribution in [0.5, 0.6) is 0 Å². The Morgan fingerprint density at radius 3 is 2.23 bits per heavy atom. The zero-order valence-electron chi connectivity index (χ0n) is 5.88. The van der Waals surface area contributed by atoms with E-state index < -0.39 is 33.3 Å². The monoisotopic (exact) mass is 228 g/mol. The van der Waals surface area contributed by atoms with Crippen molar-refractivity contribution in [2.75, 3.05) is 0 Å². The predicted octanol–water partition coefficient (Wildman–Crippen LogP) is 3.14. The van der Waals surface area contributed by atoms with E-state index in [-0.39, 0.29) is 0 Å². The van der Waals surface area contributed by atoms with Crippen molar-refractivity contribution in [3.63, 3.8) is 0 Å². The lowest BCUT2D eigenvalue weighted by atomic mass is 10.2. The van der Waals surface area contributed by atoms with Crippen molar-refractivity contribution in [3.05, 3.63) is 34.1 Å². The van der Waals surface area contributed by atoms with E-state index in [0.717, 1.165) is 0 Å². The highest BCUT2D eigenvalue weighted by molar-refractivity contribution is 6.68. The van der Waals surface area contributed by atoms with Gasteiger partial charge in [0, 0.05) is 0 Å². The van der Waals surface area contributed by atoms with Crippen LogP contribution in [0.2, 0.25) is 5.02 Å². The molecule has 70 valence electrons. The Kier molecular flexibility index (Phi) is 2.83. The van der Waals surface area contributed by atoms with Gasteiger partial charge in [-0.2, -0.15) is 0 Å². The zero-order chi connectivity index (χ0) is 10.2. The molecule has 0 saturated heterocycles. The highest BCUT2D eigenvalue weighted by atomic mass is 35.5. The van der Waals surface area contributed by atoms with Crippen LogP contribution in [-0.4, -0.2) is 5.24 Å². The molecule has 0 heterocycles. The van der Waals surface area contributed by atoms with Gasteiger partial charge in [-0.15, -0.1) is 0 Å². The largest absolute Gasteiger partial charge is 0.276 e. The summed E-state index contributed by atoms with van der Waals surface area (Å²) in [5.41, 5.74) is -0.597. The van der Waals surface area contributed by atoms with Gasteiger partial charge in [-0.3, -0.25) is 4.79 Å². The van der Waals surface area contributed by atoms with Crippen LogP contribution in [0.4, 0.5) is 13.2 Å². The van der Waals surface area contributed by atoms with Crippen LogP contribution >= 0.6 is 23.2 Å². The van der Waals surface area contributed by atoms with Crippen LogP contribution in [-0.2, 0) is 0 Å². The van der Waals surface area contributed by atoms with E-state index in [2.05, 4.69) is 0 Å². The van der Waals surface area contributed by atoms with Crippen LogP contribution in [0.15, 0.2) is 6.07 Å². The summed E-state index contributed by atoms with van der Waals surface area (Å²) in [6, 6.07) is 0.441. The molecule has 1 aromatic carbocycles. The van der Waals surface area contributed by atoms with Crippen LogP contribution in [0.25, 0.3) is 0 Å². The molecule has 0 aliphatic carbocycles. The van der Waals surface area contributed by atoms with Gasteiger partial charge in [0.1, 0.15) is 0 Å². The van der Waals surface area contributed by atoms with Crippen LogP contribution in [0.1, 0.15) is 10.4 Å². The number of carbonyl (C=O) groups is 1. The van der Waals surface area contributed by atoms with Crippen molar-refractivity contribution in [1.82, 2.24) is 0 Å². The number of carbonyl (C=O) groups excluding carboxylic acids is 1. The van der Waals surface area contributed by atoms with Crippen molar-refractivity contribution < 1.29 is 18.0 Å². The highest BCUT2D eigenvalue weighted by Crippen LogP contribution is 2.25. The number of halogens is 5. The third-order valence-corrected chi connectivity index (χ3v) is 1.89. The first kappa shape index (κ1) is 10.3. The van der Waals surface area contributed by atoms with E-state index in [1.165, 1.54) is 0 Å². The second-order valence-corrected chi connectivity index (χ2v) is 2.84. The Labute approximate surface area is 81.1 Å². The van der Waals surface area contributed by atoms with Gasteiger partial charge in [0.25, 0.3) is 5.24 Å². The van der Waals surface area contributed by atoms with Gasteiger partial charge < -0.3 is 0 Å². The standard InChI is InChI=1S/C7HCl2F3O/c8-4-2(7(9)13)1-3(10)5(11)6(4)12/h1H. The number of hydrogen-bond donors (Lipinski definition) is 0. The Balaban J connectivity index is 3.50. The molecule has 1 rings (SSSR count). The smallest absolute Gasteiger partial charge is 0.254 e. The van der Waals surface area contributed by atoms with Gasteiger partial charge in [-0.1, -0.05) is 11.6 Å². The highest BCUT2D eigenvalue weighted by Gasteiger charge is 2.20. The van der Waals surface area contributed by atoms with Crippen molar-refractivity contribution in [2.45, 2.75) is 0 Å². The summed E-state index contributed by atoms with van der Waals surface area (Å²) in [5.74, 6) is -4.86. The van der Waals surface area contributed by atoms with E-state index in [9.17, 15) is 18.0 Å². The van der Waals surface area contributed by atoms with Crippen LogP contribution in [0.3, 0.4) is 0 Å². The minimum absolute atomic E-state index is 0.441. The molecular weight excluding hydrogens is 228 g/mol. The number of hydrogen-bond acceptors (Lipinski definition) is 1. The summed E-state index contributed by atoms with van der Waals surface area (Å²) in [5, 5.41) is -1.97. The van der Waals surface area contributed by atoms with Crippen molar-refractivity contribution >= 4 is 28.4 Å². The van der Waals surface area contributed by atoms with Crippen LogP contribution in [0, 0.1) is 17.5 Å². The molecule has 0 N–H and O–H groups in total. The van der Waals surface area contributed by atoms with E-state index in [1.54, 1.807) is 0 Å². The first-order valence-electron chi connectivity index (χ1n) is 2.98. The Morgan fingerprint density at radius 1 is 1.23 bits per heavy atom. The number of benzene rings is 1. The third kappa shape index (κ3) is 1.78. The third-order valence-electron chi connectivity index (χ3n) is 1.31. The molecule has 0 bridgehead atoms. The molecule has 6 heteroatoms. The minimum Gasteiger partial charge on any atom is -0.276 e. The Bertz CT molecular complexity index is 378.